The molecule has 1 N–H and O–H groups in total. The van der Waals surface area contributed by atoms with Crippen molar-refractivity contribution in [3.8, 4) is 10.6 Å². The molecule has 1 amide bonds. The van der Waals surface area contributed by atoms with Crippen LogP contribution in [0.5, 0.6) is 0 Å². The fraction of sp³-hybridized carbons (Fsp3) is 0.304. The molecular weight excluding hydrogens is 509 g/mol. The Hall–Kier alpha value is -2.70. The van der Waals surface area contributed by atoms with Crippen molar-refractivity contribution in [2.24, 2.45) is 0 Å². The number of thiazole rings is 1. The minimum absolute atomic E-state index is 0.0733. The van der Waals surface area contributed by atoms with Gasteiger partial charge in [0.25, 0.3) is 0 Å². The van der Waals surface area contributed by atoms with Crippen LogP contribution in [-0.2, 0) is 28.5 Å². The molecule has 2 aromatic carbocycles. The Morgan fingerprint density at radius 1 is 1.17 bits per heavy atom. The summed E-state index contributed by atoms with van der Waals surface area (Å²) >= 11 is 0.783. The van der Waals surface area contributed by atoms with Crippen molar-refractivity contribution in [2.45, 2.75) is 43.4 Å². The average Bonchev–Trinajstić information content (AvgIpc) is 3.47. The number of carbonyl (C=O) groups is 1. The van der Waals surface area contributed by atoms with E-state index in [1.165, 1.54) is 24.3 Å². The summed E-state index contributed by atoms with van der Waals surface area (Å²) in [5, 5.41) is 3.31. The van der Waals surface area contributed by atoms with E-state index < -0.39 is 28.7 Å². The lowest BCUT2D eigenvalue weighted by Gasteiger charge is -2.19. The largest absolute Gasteiger partial charge is 0.434 e. The van der Waals surface area contributed by atoms with E-state index in [1.807, 2.05) is 4.31 Å². The number of amides is 1. The van der Waals surface area contributed by atoms with Crippen LogP contribution in [0.3, 0.4) is 0 Å². The van der Waals surface area contributed by atoms with Gasteiger partial charge >= 0.3 is 6.18 Å². The quantitative estimate of drug-likeness (QED) is 0.335. The molecule has 12 heteroatoms. The summed E-state index contributed by atoms with van der Waals surface area (Å²) < 4.78 is 77.5. The van der Waals surface area contributed by atoms with Crippen LogP contribution in [0.15, 0.2) is 52.7 Å². The van der Waals surface area contributed by atoms with Crippen LogP contribution in [-0.4, -0.2) is 32.5 Å². The lowest BCUT2D eigenvalue weighted by atomic mass is 10.1. The SMILES string of the molecule is CC1CCCN1S(=O)c1ccc(F)cc1.O=CNCc1cc(F)cc(-c2nc(C(F)(F)F)cs2)c1. The Bertz CT molecular complexity index is 1170. The molecule has 3 aromatic rings. The molecule has 188 valence electrons. The third-order valence-corrected chi connectivity index (χ3v) is 7.64. The van der Waals surface area contributed by atoms with Crippen molar-refractivity contribution >= 4 is 28.7 Å². The molecule has 2 unspecified atom stereocenters. The second-order valence-electron chi connectivity index (χ2n) is 7.72. The van der Waals surface area contributed by atoms with E-state index >= 15 is 0 Å². The van der Waals surface area contributed by atoms with Gasteiger partial charge in [-0.05, 0) is 67.8 Å². The molecule has 0 radical (unpaired) electrons. The lowest BCUT2D eigenvalue weighted by molar-refractivity contribution is -0.140. The highest BCUT2D eigenvalue weighted by atomic mass is 32.2. The summed E-state index contributed by atoms with van der Waals surface area (Å²) in [4.78, 5) is 14.3. The van der Waals surface area contributed by atoms with Crippen molar-refractivity contribution in [3.63, 3.8) is 0 Å². The van der Waals surface area contributed by atoms with Crippen LogP contribution < -0.4 is 5.32 Å². The Kier molecular flexibility index (Phi) is 9.09. The molecule has 1 aliphatic heterocycles. The van der Waals surface area contributed by atoms with Gasteiger partial charge in [-0.3, -0.25) is 4.79 Å². The summed E-state index contributed by atoms with van der Waals surface area (Å²) in [6.07, 6.45) is -1.89. The minimum Gasteiger partial charge on any atom is -0.355 e. The van der Waals surface area contributed by atoms with E-state index in [0.717, 1.165) is 42.2 Å². The van der Waals surface area contributed by atoms with Gasteiger partial charge in [0.05, 0.1) is 4.90 Å². The van der Waals surface area contributed by atoms with Crippen LogP contribution in [0.1, 0.15) is 31.0 Å². The summed E-state index contributed by atoms with van der Waals surface area (Å²) in [6, 6.07) is 10.0. The first-order valence-corrected chi connectivity index (χ1v) is 12.5. The molecule has 1 fully saturated rings. The number of rotatable bonds is 6. The van der Waals surface area contributed by atoms with Gasteiger partial charge in [0.15, 0.2) is 5.69 Å². The highest BCUT2D eigenvalue weighted by Crippen LogP contribution is 2.34. The molecule has 1 saturated heterocycles. The highest BCUT2D eigenvalue weighted by molar-refractivity contribution is 7.82. The summed E-state index contributed by atoms with van der Waals surface area (Å²) in [5.41, 5.74) is -0.321. The number of nitrogens with one attached hydrogen (secondary N) is 1. The van der Waals surface area contributed by atoms with Crippen LogP contribution >= 0.6 is 11.3 Å². The van der Waals surface area contributed by atoms with Gasteiger partial charge in [0.1, 0.15) is 27.6 Å². The van der Waals surface area contributed by atoms with Crippen molar-refractivity contribution < 1.29 is 31.0 Å². The first-order chi connectivity index (χ1) is 16.6. The Morgan fingerprint density at radius 3 is 2.46 bits per heavy atom. The van der Waals surface area contributed by atoms with E-state index in [-0.39, 0.29) is 22.9 Å². The van der Waals surface area contributed by atoms with Crippen LogP contribution in [0, 0.1) is 11.6 Å². The van der Waals surface area contributed by atoms with Gasteiger partial charge in [0.2, 0.25) is 6.41 Å². The summed E-state index contributed by atoms with van der Waals surface area (Å²) in [7, 11) is -1.13. The number of aromatic nitrogens is 1. The van der Waals surface area contributed by atoms with E-state index in [1.54, 1.807) is 12.1 Å². The van der Waals surface area contributed by atoms with Crippen LogP contribution in [0.25, 0.3) is 10.6 Å². The van der Waals surface area contributed by atoms with Gasteiger partial charge in [-0.25, -0.2) is 22.3 Å². The fourth-order valence-corrected chi connectivity index (χ4v) is 5.59. The van der Waals surface area contributed by atoms with Gasteiger partial charge < -0.3 is 5.32 Å². The fourth-order valence-electron chi connectivity index (χ4n) is 3.41. The molecule has 0 aliphatic carbocycles. The zero-order valence-electron chi connectivity index (χ0n) is 18.5. The number of halogens is 5. The molecule has 0 spiro atoms. The normalized spacial score (nSPS) is 16.9. The molecule has 0 saturated carbocycles. The molecule has 2 heterocycles. The first kappa shape index (κ1) is 26.9. The maximum Gasteiger partial charge on any atom is 0.434 e. The van der Waals surface area contributed by atoms with Crippen LogP contribution in [0.4, 0.5) is 22.0 Å². The first-order valence-electron chi connectivity index (χ1n) is 10.5. The summed E-state index contributed by atoms with van der Waals surface area (Å²) in [6.45, 7) is 3.03. The number of nitrogens with zero attached hydrogens (tertiary/aromatic N) is 2. The van der Waals surface area contributed by atoms with Gasteiger partial charge in [-0.2, -0.15) is 13.2 Å². The standard InChI is InChI=1S/C12H8F4N2OS.C11H14FNOS/c13-9-2-7(4-17-6-19)1-8(3-9)11-18-10(5-20-11)12(14,15)16;1-9-3-2-8-13(9)15(14)11-6-4-10(12)5-7-11/h1-3,5-6H,4H2,(H,17,19);4-7,9H,2-3,8H2,1H3. The van der Waals surface area contributed by atoms with Gasteiger partial charge in [0, 0.05) is 30.1 Å². The predicted octanol–water partition coefficient (Wildman–Crippen LogP) is 5.55. The van der Waals surface area contributed by atoms with E-state index in [9.17, 15) is 31.0 Å². The van der Waals surface area contributed by atoms with Crippen molar-refractivity contribution in [1.82, 2.24) is 14.6 Å². The number of carbonyl (C=O) groups excluding carboxylic acids is 1. The minimum atomic E-state index is -4.52. The zero-order chi connectivity index (χ0) is 25.6. The number of hydrogen-bond acceptors (Lipinski definition) is 4. The smallest absolute Gasteiger partial charge is 0.355 e. The Balaban J connectivity index is 0.000000203. The lowest BCUT2D eigenvalue weighted by Crippen LogP contribution is -2.28. The van der Waals surface area contributed by atoms with E-state index in [4.69, 9.17) is 0 Å². The topological polar surface area (TPSA) is 62.3 Å². The maximum absolute atomic E-state index is 13.4. The summed E-state index contributed by atoms with van der Waals surface area (Å²) in [5.74, 6) is -0.890. The highest BCUT2D eigenvalue weighted by Gasteiger charge is 2.33. The molecule has 1 aromatic heterocycles. The maximum atomic E-state index is 13.4. The number of hydrogen-bond donors (Lipinski definition) is 1. The monoisotopic (exact) mass is 531 g/mol. The van der Waals surface area contributed by atoms with Crippen molar-refractivity contribution in [1.29, 1.82) is 0 Å². The van der Waals surface area contributed by atoms with Crippen LogP contribution in [0.2, 0.25) is 0 Å². The van der Waals surface area contributed by atoms with E-state index in [0.29, 0.717) is 22.9 Å². The Labute approximate surface area is 205 Å². The third-order valence-electron chi connectivity index (χ3n) is 5.11. The zero-order valence-corrected chi connectivity index (χ0v) is 20.2. The number of benzene rings is 2. The van der Waals surface area contributed by atoms with E-state index in [2.05, 4.69) is 17.2 Å². The molecule has 35 heavy (non-hydrogen) atoms. The molecule has 1 aliphatic rings. The molecule has 5 nitrogen and oxygen atoms in total. The van der Waals surface area contributed by atoms with Crippen molar-refractivity contribution in [2.75, 3.05) is 6.54 Å². The number of alkyl halides is 3. The molecular formula is C23H22F5N3O2S2. The Morgan fingerprint density at radius 2 is 1.89 bits per heavy atom. The molecule has 4 rings (SSSR count). The predicted molar refractivity (Wildman–Crippen MR) is 124 cm³/mol. The second kappa shape index (κ2) is 11.8. The van der Waals surface area contributed by atoms with Crippen molar-refractivity contribution in [3.05, 3.63) is 70.7 Å². The van der Waals surface area contributed by atoms with Gasteiger partial charge in [-0.15, -0.1) is 11.3 Å². The van der Waals surface area contributed by atoms with Gasteiger partial charge in [-0.1, -0.05) is 0 Å². The molecule has 0 bridgehead atoms. The third kappa shape index (κ3) is 7.39. The average molecular weight is 532 g/mol. The second-order valence-corrected chi connectivity index (χ2v) is 10.0. The molecule has 2 atom stereocenters.